The molecule has 0 heterocycles. The number of hydrogen-bond donors (Lipinski definition) is 2. The van der Waals surface area contributed by atoms with Crippen LogP contribution >= 0.6 is 0 Å². The highest BCUT2D eigenvalue weighted by Crippen LogP contribution is 2.23. The Morgan fingerprint density at radius 1 is 0.812 bits per heavy atom. The van der Waals surface area contributed by atoms with Gasteiger partial charge in [-0.25, -0.2) is 0 Å². The van der Waals surface area contributed by atoms with E-state index in [9.17, 15) is 0 Å². The topological polar surface area (TPSA) is 49.7 Å². The minimum atomic E-state index is 0.0273. The Kier molecular flexibility index (Phi) is 3.08. The van der Waals surface area contributed by atoms with E-state index in [1.165, 1.54) is 0 Å². The molecular formula is C13H12O3. The van der Waals surface area contributed by atoms with Crippen molar-refractivity contribution >= 4 is 0 Å². The number of benzene rings is 2. The van der Waals surface area contributed by atoms with Crippen molar-refractivity contribution in [2.24, 2.45) is 0 Å². The molecule has 0 aliphatic rings. The third-order valence-corrected chi connectivity index (χ3v) is 2.18. The van der Waals surface area contributed by atoms with Gasteiger partial charge in [-0.1, -0.05) is 12.1 Å². The molecule has 0 radical (unpaired) electrons. The predicted octanol–water partition coefficient (Wildman–Crippen LogP) is 2.68. The summed E-state index contributed by atoms with van der Waals surface area (Å²) in [6.07, 6.45) is 0. The molecule has 0 aliphatic carbocycles. The Morgan fingerprint density at radius 3 is 1.81 bits per heavy atom. The summed E-state index contributed by atoms with van der Waals surface area (Å²) < 4.78 is 5.54. The molecule has 0 amide bonds. The largest absolute Gasteiger partial charge is 0.508 e. The average Bonchev–Trinajstić information content (AvgIpc) is 2.33. The number of phenols is 1. The van der Waals surface area contributed by atoms with E-state index in [1.807, 2.05) is 0 Å². The fourth-order valence-electron chi connectivity index (χ4n) is 1.31. The second-order valence-electron chi connectivity index (χ2n) is 3.40. The highest BCUT2D eigenvalue weighted by atomic mass is 16.5. The molecule has 2 aromatic carbocycles. The summed E-state index contributed by atoms with van der Waals surface area (Å²) in [5.74, 6) is 1.57. The van der Waals surface area contributed by atoms with E-state index < -0.39 is 0 Å². The van der Waals surface area contributed by atoms with Gasteiger partial charge in [0.25, 0.3) is 0 Å². The molecule has 0 aliphatic heterocycles. The van der Waals surface area contributed by atoms with Gasteiger partial charge in [-0.2, -0.15) is 0 Å². The summed E-state index contributed by atoms with van der Waals surface area (Å²) in [5.41, 5.74) is 0.845. The second-order valence-corrected chi connectivity index (χ2v) is 3.40. The standard InChI is InChI=1S/C13H12O3/c14-9-10-1-5-12(6-2-10)16-13-7-3-11(15)4-8-13/h1-8,14-15H,9H2. The van der Waals surface area contributed by atoms with E-state index in [-0.39, 0.29) is 12.4 Å². The molecule has 82 valence electrons. The van der Waals surface area contributed by atoms with Gasteiger partial charge in [0.05, 0.1) is 6.61 Å². The zero-order valence-corrected chi connectivity index (χ0v) is 8.63. The third-order valence-electron chi connectivity index (χ3n) is 2.18. The summed E-state index contributed by atoms with van der Waals surface area (Å²) in [4.78, 5) is 0. The summed E-state index contributed by atoms with van der Waals surface area (Å²) in [5, 5.41) is 18.0. The molecule has 3 nitrogen and oxygen atoms in total. The van der Waals surface area contributed by atoms with Crippen molar-refractivity contribution in [1.82, 2.24) is 0 Å². The first-order valence-corrected chi connectivity index (χ1v) is 4.94. The number of aromatic hydroxyl groups is 1. The number of aliphatic hydroxyl groups excluding tert-OH is 1. The van der Waals surface area contributed by atoms with Gasteiger partial charge in [-0.15, -0.1) is 0 Å². The van der Waals surface area contributed by atoms with Crippen LogP contribution in [0.2, 0.25) is 0 Å². The number of ether oxygens (including phenoxy) is 1. The van der Waals surface area contributed by atoms with Gasteiger partial charge in [0.15, 0.2) is 0 Å². The molecule has 0 saturated carbocycles. The Morgan fingerprint density at radius 2 is 1.31 bits per heavy atom. The zero-order chi connectivity index (χ0) is 11.4. The van der Waals surface area contributed by atoms with Gasteiger partial charge >= 0.3 is 0 Å². The maximum Gasteiger partial charge on any atom is 0.127 e. The average molecular weight is 216 g/mol. The second kappa shape index (κ2) is 4.68. The smallest absolute Gasteiger partial charge is 0.127 e. The number of aliphatic hydroxyl groups is 1. The molecule has 0 unspecified atom stereocenters. The van der Waals surface area contributed by atoms with Crippen molar-refractivity contribution in [2.75, 3.05) is 0 Å². The van der Waals surface area contributed by atoms with Crippen LogP contribution in [0.1, 0.15) is 5.56 Å². The minimum absolute atomic E-state index is 0.0273. The molecule has 0 saturated heterocycles. The molecule has 0 fully saturated rings. The number of rotatable bonds is 3. The van der Waals surface area contributed by atoms with E-state index in [4.69, 9.17) is 14.9 Å². The molecule has 16 heavy (non-hydrogen) atoms. The molecule has 0 spiro atoms. The lowest BCUT2D eigenvalue weighted by atomic mass is 10.2. The lowest BCUT2D eigenvalue weighted by Crippen LogP contribution is -1.85. The van der Waals surface area contributed by atoms with Crippen LogP contribution in [0.25, 0.3) is 0 Å². The monoisotopic (exact) mass is 216 g/mol. The normalized spacial score (nSPS) is 10.1. The van der Waals surface area contributed by atoms with Crippen LogP contribution in [0.5, 0.6) is 17.2 Å². The highest BCUT2D eigenvalue weighted by Gasteiger charge is 1.97. The van der Waals surface area contributed by atoms with Crippen molar-refractivity contribution in [1.29, 1.82) is 0 Å². The number of hydrogen-bond acceptors (Lipinski definition) is 3. The molecule has 2 rings (SSSR count). The third kappa shape index (κ3) is 2.52. The molecular weight excluding hydrogens is 204 g/mol. The van der Waals surface area contributed by atoms with Gasteiger partial charge in [-0.05, 0) is 42.0 Å². The summed E-state index contributed by atoms with van der Waals surface area (Å²) in [6.45, 7) is 0.0273. The molecule has 2 N–H and O–H groups in total. The molecule has 0 bridgehead atoms. The number of phenolic OH excluding ortho intramolecular Hbond substituents is 1. The van der Waals surface area contributed by atoms with Crippen LogP contribution < -0.4 is 4.74 Å². The van der Waals surface area contributed by atoms with E-state index in [2.05, 4.69) is 0 Å². The van der Waals surface area contributed by atoms with E-state index in [0.29, 0.717) is 11.5 Å². The lowest BCUT2D eigenvalue weighted by Gasteiger charge is -2.06. The molecule has 0 atom stereocenters. The fourth-order valence-corrected chi connectivity index (χ4v) is 1.31. The predicted molar refractivity (Wildman–Crippen MR) is 60.5 cm³/mol. The van der Waals surface area contributed by atoms with Crippen molar-refractivity contribution in [3.8, 4) is 17.2 Å². The Labute approximate surface area is 93.6 Å². The van der Waals surface area contributed by atoms with Crippen molar-refractivity contribution in [2.45, 2.75) is 6.61 Å². The van der Waals surface area contributed by atoms with Gasteiger partial charge in [0.1, 0.15) is 17.2 Å². The van der Waals surface area contributed by atoms with Crippen molar-refractivity contribution < 1.29 is 14.9 Å². The van der Waals surface area contributed by atoms with Gasteiger partial charge < -0.3 is 14.9 Å². The van der Waals surface area contributed by atoms with Gasteiger partial charge in [0, 0.05) is 0 Å². The minimum Gasteiger partial charge on any atom is -0.508 e. The summed E-state index contributed by atoms with van der Waals surface area (Å²) in [7, 11) is 0. The highest BCUT2D eigenvalue weighted by molar-refractivity contribution is 5.35. The summed E-state index contributed by atoms with van der Waals surface area (Å²) >= 11 is 0. The van der Waals surface area contributed by atoms with Crippen LogP contribution in [0.3, 0.4) is 0 Å². The lowest BCUT2D eigenvalue weighted by molar-refractivity contribution is 0.281. The first-order chi connectivity index (χ1) is 7.78. The Bertz CT molecular complexity index is 446. The van der Waals surface area contributed by atoms with Crippen molar-refractivity contribution in [3.63, 3.8) is 0 Å². The van der Waals surface area contributed by atoms with Crippen LogP contribution in [-0.4, -0.2) is 10.2 Å². The van der Waals surface area contributed by atoms with Crippen LogP contribution in [0.4, 0.5) is 0 Å². The quantitative estimate of drug-likeness (QED) is 0.829. The van der Waals surface area contributed by atoms with E-state index in [1.54, 1.807) is 48.5 Å². The van der Waals surface area contributed by atoms with Gasteiger partial charge in [-0.3, -0.25) is 0 Å². The first kappa shape index (κ1) is 10.5. The molecule has 2 aromatic rings. The maximum absolute atomic E-state index is 9.11. The first-order valence-electron chi connectivity index (χ1n) is 4.94. The van der Waals surface area contributed by atoms with E-state index in [0.717, 1.165) is 5.56 Å². The SMILES string of the molecule is OCc1ccc(Oc2ccc(O)cc2)cc1. The fraction of sp³-hybridized carbons (Fsp3) is 0.0769. The Hall–Kier alpha value is -2.00. The molecule has 0 aromatic heterocycles. The van der Waals surface area contributed by atoms with Crippen molar-refractivity contribution in [3.05, 3.63) is 54.1 Å². The Balaban J connectivity index is 2.11. The van der Waals surface area contributed by atoms with Crippen LogP contribution in [-0.2, 0) is 6.61 Å². The van der Waals surface area contributed by atoms with E-state index >= 15 is 0 Å². The zero-order valence-electron chi connectivity index (χ0n) is 8.63. The van der Waals surface area contributed by atoms with Crippen LogP contribution in [0, 0.1) is 0 Å². The molecule has 3 heteroatoms. The summed E-state index contributed by atoms with van der Waals surface area (Å²) in [6, 6.07) is 13.7. The van der Waals surface area contributed by atoms with Gasteiger partial charge in [0.2, 0.25) is 0 Å². The van der Waals surface area contributed by atoms with Crippen LogP contribution in [0.15, 0.2) is 48.5 Å². The maximum atomic E-state index is 9.11.